The monoisotopic (exact) mass is 740 g/mol. The fourth-order valence-electron chi connectivity index (χ4n) is 7.48. The van der Waals surface area contributed by atoms with Crippen LogP contribution < -0.4 is 0 Å². The number of nitrogens with zero attached hydrogens (tertiary/aromatic N) is 4. The lowest BCUT2D eigenvalue weighted by atomic mass is 9.94. The molecular formula is C54H36N4. The Morgan fingerprint density at radius 3 is 1.02 bits per heavy atom. The Morgan fingerprint density at radius 1 is 0.224 bits per heavy atom. The van der Waals surface area contributed by atoms with E-state index in [0.717, 1.165) is 61.1 Å². The Kier molecular flexibility index (Phi) is 9.18. The van der Waals surface area contributed by atoms with Crippen LogP contribution in [0.25, 0.3) is 101 Å². The summed E-state index contributed by atoms with van der Waals surface area (Å²) in [5.74, 6) is 1.90. The smallest absolute Gasteiger partial charge is 0.164 e. The predicted octanol–water partition coefficient (Wildman–Crippen LogP) is 13.8. The van der Waals surface area contributed by atoms with Crippen molar-refractivity contribution in [2.75, 3.05) is 0 Å². The van der Waals surface area contributed by atoms with Crippen molar-refractivity contribution < 1.29 is 0 Å². The van der Waals surface area contributed by atoms with E-state index in [1.54, 1.807) is 0 Å². The molecule has 0 spiro atoms. The second-order valence-electron chi connectivity index (χ2n) is 14.3. The maximum atomic E-state index is 5.24. The lowest BCUT2D eigenvalue weighted by Gasteiger charge is -2.14. The molecule has 8 aromatic carbocycles. The van der Waals surface area contributed by atoms with E-state index in [2.05, 4.69) is 146 Å². The summed E-state index contributed by atoms with van der Waals surface area (Å²) >= 11 is 0. The van der Waals surface area contributed by atoms with Crippen LogP contribution in [0.3, 0.4) is 0 Å². The summed E-state index contributed by atoms with van der Waals surface area (Å²) < 4.78 is 0. The summed E-state index contributed by atoms with van der Waals surface area (Å²) in [7, 11) is 0. The van der Waals surface area contributed by atoms with Crippen molar-refractivity contribution in [1.82, 2.24) is 19.9 Å². The second kappa shape index (κ2) is 15.4. The fraction of sp³-hybridized carbons (Fsp3) is 0. The van der Waals surface area contributed by atoms with E-state index in [0.29, 0.717) is 17.5 Å². The number of rotatable bonds is 8. The number of fused-ring (bicyclic) bond motifs is 1. The summed E-state index contributed by atoms with van der Waals surface area (Å²) in [4.78, 5) is 20.1. The molecule has 0 amide bonds. The topological polar surface area (TPSA) is 51.6 Å². The number of aromatic nitrogens is 4. The molecule has 0 radical (unpaired) electrons. The Balaban J connectivity index is 1.07. The van der Waals surface area contributed by atoms with E-state index in [9.17, 15) is 0 Å². The predicted molar refractivity (Wildman–Crippen MR) is 239 cm³/mol. The number of hydrogen-bond donors (Lipinski definition) is 0. The van der Waals surface area contributed by atoms with E-state index in [1.807, 2.05) is 72.8 Å². The molecule has 2 heterocycles. The van der Waals surface area contributed by atoms with Crippen LogP contribution in [0.5, 0.6) is 0 Å². The molecule has 0 saturated heterocycles. The average molecular weight is 741 g/mol. The number of benzene rings is 8. The molecule has 272 valence electrons. The van der Waals surface area contributed by atoms with Crippen LogP contribution in [-0.2, 0) is 0 Å². The van der Waals surface area contributed by atoms with Crippen LogP contribution in [-0.4, -0.2) is 19.9 Å². The third-order valence-corrected chi connectivity index (χ3v) is 10.6. The van der Waals surface area contributed by atoms with E-state index >= 15 is 0 Å². The van der Waals surface area contributed by atoms with Crippen molar-refractivity contribution in [2.45, 2.75) is 0 Å². The maximum Gasteiger partial charge on any atom is 0.164 e. The SMILES string of the molecule is c1ccc(-c2ccc(-c3ccc4nc(-c5ccc(-c6ccccc6)cc5)cc(-c5ccc(-c6nc(-c7ccccc7)nc(-c7ccccc7)n6)cc5)c4c3)cc2)cc1. The van der Waals surface area contributed by atoms with E-state index in [-0.39, 0.29) is 0 Å². The summed E-state index contributed by atoms with van der Waals surface area (Å²) in [6, 6.07) is 76.0. The van der Waals surface area contributed by atoms with Gasteiger partial charge in [0.05, 0.1) is 11.2 Å². The third-order valence-electron chi connectivity index (χ3n) is 10.6. The van der Waals surface area contributed by atoms with Crippen LogP contribution in [0.1, 0.15) is 0 Å². The van der Waals surface area contributed by atoms with Gasteiger partial charge in [-0.05, 0) is 62.7 Å². The van der Waals surface area contributed by atoms with Crippen molar-refractivity contribution in [1.29, 1.82) is 0 Å². The summed E-state index contributed by atoms with van der Waals surface area (Å²) in [5.41, 5.74) is 15.0. The normalized spacial score (nSPS) is 11.1. The molecule has 2 aromatic heterocycles. The Labute approximate surface area is 337 Å². The average Bonchev–Trinajstić information content (AvgIpc) is 3.32. The standard InChI is InChI=1S/C54H36N4/c1-5-13-37(14-6-1)39-21-23-41(24-22-39)47-33-34-50-49(35-47)48(36-51(55-50)43-29-25-40(26-30-43)38-15-7-2-8-16-38)42-27-31-46(32-28-42)54-57-52(44-17-9-3-10-18-44)56-53(58-54)45-19-11-4-12-20-45/h1-36H. The van der Waals surface area contributed by atoms with Crippen LogP contribution in [0.2, 0.25) is 0 Å². The first-order valence-electron chi connectivity index (χ1n) is 19.5. The first kappa shape index (κ1) is 34.7. The molecule has 0 bridgehead atoms. The van der Waals surface area contributed by atoms with Gasteiger partial charge in [0, 0.05) is 27.6 Å². The number of pyridine rings is 1. The van der Waals surface area contributed by atoms with Crippen molar-refractivity contribution in [3.05, 3.63) is 218 Å². The van der Waals surface area contributed by atoms with Crippen LogP contribution in [0, 0.1) is 0 Å². The van der Waals surface area contributed by atoms with Gasteiger partial charge in [-0.2, -0.15) is 0 Å². The van der Waals surface area contributed by atoms with Gasteiger partial charge in [0.2, 0.25) is 0 Å². The van der Waals surface area contributed by atoms with Crippen LogP contribution in [0.4, 0.5) is 0 Å². The van der Waals surface area contributed by atoms with Gasteiger partial charge in [-0.25, -0.2) is 19.9 Å². The Morgan fingerprint density at radius 2 is 0.552 bits per heavy atom. The minimum absolute atomic E-state index is 0.624. The molecule has 0 N–H and O–H groups in total. The van der Waals surface area contributed by atoms with Gasteiger partial charge in [0.1, 0.15) is 0 Å². The molecule has 10 rings (SSSR count). The Hall–Kier alpha value is -7.82. The molecule has 0 aliphatic heterocycles. The van der Waals surface area contributed by atoms with E-state index in [4.69, 9.17) is 19.9 Å². The first-order chi connectivity index (χ1) is 28.7. The first-order valence-corrected chi connectivity index (χ1v) is 19.5. The summed E-state index contributed by atoms with van der Waals surface area (Å²) in [6.07, 6.45) is 0. The zero-order valence-corrected chi connectivity index (χ0v) is 31.6. The van der Waals surface area contributed by atoms with Gasteiger partial charge in [0.25, 0.3) is 0 Å². The highest BCUT2D eigenvalue weighted by Crippen LogP contribution is 2.37. The maximum absolute atomic E-state index is 5.24. The molecule has 0 aliphatic carbocycles. The molecule has 0 atom stereocenters. The van der Waals surface area contributed by atoms with Crippen LogP contribution >= 0.6 is 0 Å². The highest BCUT2D eigenvalue weighted by atomic mass is 15.0. The van der Waals surface area contributed by atoms with E-state index in [1.165, 1.54) is 22.3 Å². The Bertz CT molecular complexity index is 2930. The van der Waals surface area contributed by atoms with Gasteiger partial charge in [0.15, 0.2) is 17.5 Å². The molecule has 4 heteroatoms. The van der Waals surface area contributed by atoms with Crippen molar-refractivity contribution in [3.8, 4) is 89.9 Å². The van der Waals surface area contributed by atoms with Gasteiger partial charge >= 0.3 is 0 Å². The molecule has 0 saturated carbocycles. The van der Waals surface area contributed by atoms with Gasteiger partial charge < -0.3 is 0 Å². The molecule has 10 aromatic rings. The van der Waals surface area contributed by atoms with Crippen molar-refractivity contribution in [2.24, 2.45) is 0 Å². The minimum atomic E-state index is 0.624. The summed E-state index contributed by atoms with van der Waals surface area (Å²) in [6.45, 7) is 0. The zero-order valence-electron chi connectivity index (χ0n) is 31.6. The second-order valence-corrected chi connectivity index (χ2v) is 14.3. The lowest BCUT2D eigenvalue weighted by Crippen LogP contribution is -2.00. The third kappa shape index (κ3) is 7.07. The van der Waals surface area contributed by atoms with Crippen LogP contribution in [0.15, 0.2) is 218 Å². The van der Waals surface area contributed by atoms with Gasteiger partial charge in [-0.3, -0.25) is 0 Å². The van der Waals surface area contributed by atoms with Crippen molar-refractivity contribution in [3.63, 3.8) is 0 Å². The van der Waals surface area contributed by atoms with Gasteiger partial charge in [-0.15, -0.1) is 0 Å². The quantitative estimate of drug-likeness (QED) is 0.156. The van der Waals surface area contributed by atoms with E-state index < -0.39 is 0 Å². The largest absolute Gasteiger partial charge is 0.248 e. The molecule has 0 unspecified atom stereocenters. The molecule has 4 nitrogen and oxygen atoms in total. The van der Waals surface area contributed by atoms with Gasteiger partial charge in [-0.1, -0.05) is 200 Å². The highest BCUT2D eigenvalue weighted by molar-refractivity contribution is 5.99. The molecule has 0 fully saturated rings. The molecular weight excluding hydrogens is 705 g/mol. The minimum Gasteiger partial charge on any atom is -0.248 e. The molecule has 58 heavy (non-hydrogen) atoms. The molecule has 0 aliphatic rings. The van der Waals surface area contributed by atoms with Crippen molar-refractivity contribution >= 4 is 10.9 Å². The highest BCUT2D eigenvalue weighted by Gasteiger charge is 2.15. The zero-order chi connectivity index (χ0) is 38.7. The summed E-state index contributed by atoms with van der Waals surface area (Å²) in [5, 5.41) is 1.08. The fourth-order valence-corrected chi connectivity index (χ4v) is 7.48. The lowest BCUT2D eigenvalue weighted by molar-refractivity contribution is 1.07. The number of hydrogen-bond acceptors (Lipinski definition) is 4.